The van der Waals surface area contributed by atoms with Crippen LogP contribution in [0.3, 0.4) is 0 Å². The maximum absolute atomic E-state index is 13.6. The van der Waals surface area contributed by atoms with Gasteiger partial charge in [0.1, 0.15) is 11.8 Å². The summed E-state index contributed by atoms with van der Waals surface area (Å²) in [7, 11) is 1.62. The molecule has 1 N–H and O–H groups in total. The summed E-state index contributed by atoms with van der Waals surface area (Å²) in [6.45, 7) is 0.399. The molecule has 0 spiro atoms. The van der Waals surface area contributed by atoms with Gasteiger partial charge < -0.3 is 15.0 Å². The van der Waals surface area contributed by atoms with Gasteiger partial charge in [-0.15, -0.1) is 22.7 Å². The molecular formula is C25H28N2O3S2. The number of nitrogens with one attached hydrogen (secondary N) is 1. The van der Waals surface area contributed by atoms with E-state index in [1.165, 1.54) is 0 Å². The minimum Gasteiger partial charge on any atom is -0.497 e. The van der Waals surface area contributed by atoms with Gasteiger partial charge in [0.25, 0.3) is 0 Å². The number of hydrogen-bond acceptors (Lipinski definition) is 5. The smallest absolute Gasteiger partial charge is 0.247 e. The van der Waals surface area contributed by atoms with Crippen molar-refractivity contribution in [2.24, 2.45) is 0 Å². The monoisotopic (exact) mass is 468 g/mol. The topological polar surface area (TPSA) is 58.6 Å². The average molecular weight is 469 g/mol. The number of carbonyl (C=O) groups excluding carboxylic acids is 2. The largest absolute Gasteiger partial charge is 0.497 e. The summed E-state index contributed by atoms with van der Waals surface area (Å²) in [5, 5.41) is 7.19. The van der Waals surface area contributed by atoms with E-state index < -0.39 is 6.04 Å². The zero-order chi connectivity index (χ0) is 22.3. The molecule has 32 heavy (non-hydrogen) atoms. The van der Waals surface area contributed by atoms with Crippen LogP contribution in [-0.2, 0) is 22.6 Å². The quantitative estimate of drug-likeness (QED) is 0.470. The second-order valence-corrected chi connectivity index (χ2v) is 10.1. The van der Waals surface area contributed by atoms with Gasteiger partial charge in [-0.25, -0.2) is 0 Å². The average Bonchev–Trinajstić information content (AvgIpc) is 3.58. The Morgan fingerprint density at radius 2 is 1.69 bits per heavy atom. The molecule has 0 saturated heterocycles. The molecule has 2 aromatic heterocycles. The third-order valence-electron chi connectivity index (χ3n) is 5.83. The van der Waals surface area contributed by atoms with Crippen LogP contribution in [0.15, 0.2) is 59.3 Å². The normalized spacial score (nSPS) is 14.8. The minimum absolute atomic E-state index is 0.0526. The maximum atomic E-state index is 13.6. The number of carbonyl (C=O) groups is 2. The Kier molecular flexibility index (Phi) is 7.60. The highest BCUT2D eigenvalue weighted by molar-refractivity contribution is 7.10. The van der Waals surface area contributed by atoms with Gasteiger partial charge in [0.2, 0.25) is 11.8 Å². The van der Waals surface area contributed by atoms with Crippen LogP contribution in [0.1, 0.15) is 47.0 Å². The first-order valence-electron chi connectivity index (χ1n) is 10.9. The lowest BCUT2D eigenvalue weighted by Gasteiger charge is -2.32. The first-order valence-corrected chi connectivity index (χ1v) is 12.7. The van der Waals surface area contributed by atoms with E-state index in [1.54, 1.807) is 34.7 Å². The highest BCUT2D eigenvalue weighted by atomic mass is 32.1. The van der Waals surface area contributed by atoms with E-state index in [0.717, 1.165) is 46.8 Å². The highest BCUT2D eigenvalue weighted by Crippen LogP contribution is 2.29. The molecule has 1 atom stereocenters. The molecule has 168 valence electrons. The van der Waals surface area contributed by atoms with Crippen molar-refractivity contribution >= 4 is 34.5 Å². The fourth-order valence-corrected chi connectivity index (χ4v) is 5.57. The molecule has 2 heterocycles. The van der Waals surface area contributed by atoms with Gasteiger partial charge >= 0.3 is 0 Å². The summed E-state index contributed by atoms with van der Waals surface area (Å²) in [6.07, 6.45) is 4.54. The van der Waals surface area contributed by atoms with Crippen molar-refractivity contribution in [1.29, 1.82) is 0 Å². The van der Waals surface area contributed by atoms with E-state index in [0.29, 0.717) is 6.54 Å². The molecule has 0 radical (unpaired) electrons. The van der Waals surface area contributed by atoms with Crippen LogP contribution in [0.2, 0.25) is 0 Å². The zero-order valence-electron chi connectivity index (χ0n) is 18.2. The van der Waals surface area contributed by atoms with Crippen molar-refractivity contribution in [2.75, 3.05) is 7.11 Å². The summed E-state index contributed by atoms with van der Waals surface area (Å²) in [5.41, 5.74) is 0.789. The first-order chi connectivity index (χ1) is 15.6. The number of hydrogen-bond donors (Lipinski definition) is 1. The SMILES string of the molecule is COc1ccc([C@@H](C(=O)NC2CCCC2)N(Cc2cccs2)C(=O)Cc2cccs2)cc1. The van der Waals surface area contributed by atoms with Crippen molar-refractivity contribution in [2.45, 2.75) is 50.7 Å². The van der Waals surface area contributed by atoms with Gasteiger partial charge in [-0.3, -0.25) is 9.59 Å². The predicted octanol–water partition coefficient (Wildman–Crippen LogP) is 5.19. The number of amides is 2. The van der Waals surface area contributed by atoms with Crippen LogP contribution in [-0.4, -0.2) is 29.9 Å². The third-order valence-corrected chi connectivity index (χ3v) is 7.56. The lowest BCUT2D eigenvalue weighted by Crippen LogP contribution is -2.46. The van der Waals surface area contributed by atoms with Crippen molar-refractivity contribution in [3.63, 3.8) is 0 Å². The molecule has 0 unspecified atom stereocenters. The van der Waals surface area contributed by atoms with Gasteiger partial charge in [-0.1, -0.05) is 37.1 Å². The third kappa shape index (κ3) is 5.58. The molecule has 0 aliphatic heterocycles. The van der Waals surface area contributed by atoms with E-state index in [9.17, 15) is 9.59 Å². The maximum Gasteiger partial charge on any atom is 0.247 e. The van der Waals surface area contributed by atoms with Gasteiger partial charge in [-0.05, 0) is 53.4 Å². The second-order valence-electron chi connectivity index (χ2n) is 8.02. The molecule has 1 aromatic carbocycles. The summed E-state index contributed by atoms with van der Waals surface area (Å²) >= 11 is 3.16. The van der Waals surface area contributed by atoms with Crippen molar-refractivity contribution in [3.8, 4) is 5.75 Å². The molecule has 4 rings (SSSR count). The van der Waals surface area contributed by atoms with Gasteiger partial charge in [0.15, 0.2) is 0 Å². The van der Waals surface area contributed by atoms with Crippen molar-refractivity contribution in [1.82, 2.24) is 10.2 Å². The summed E-state index contributed by atoms with van der Waals surface area (Å²) in [4.78, 5) is 30.9. The standard InChI is InChI=1S/C25H28N2O3S2/c1-30-20-12-10-18(11-13-20)24(25(29)26-19-6-2-3-7-19)27(17-22-9-5-15-32-22)23(28)16-21-8-4-14-31-21/h4-5,8-15,19,24H,2-3,6-7,16-17H2,1H3,(H,26,29)/t24-/m0/s1. The number of methoxy groups -OCH3 is 1. The molecule has 1 saturated carbocycles. The van der Waals surface area contributed by atoms with Crippen LogP contribution >= 0.6 is 22.7 Å². The minimum atomic E-state index is -0.698. The summed E-state index contributed by atoms with van der Waals surface area (Å²) in [6, 6.07) is 14.8. The van der Waals surface area contributed by atoms with E-state index in [1.807, 2.05) is 59.3 Å². The van der Waals surface area contributed by atoms with E-state index in [2.05, 4.69) is 5.32 Å². The molecule has 2 amide bonds. The van der Waals surface area contributed by atoms with Crippen LogP contribution < -0.4 is 10.1 Å². The molecule has 7 heteroatoms. The van der Waals surface area contributed by atoms with Gasteiger partial charge in [0, 0.05) is 15.8 Å². The molecule has 1 fully saturated rings. The van der Waals surface area contributed by atoms with Crippen LogP contribution in [0, 0.1) is 0 Å². The molecule has 1 aliphatic rings. The van der Waals surface area contributed by atoms with Crippen molar-refractivity contribution < 1.29 is 14.3 Å². The highest BCUT2D eigenvalue weighted by Gasteiger charge is 2.33. The van der Waals surface area contributed by atoms with Crippen LogP contribution in [0.25, 0.3) is 0 Å². The second kappa shape index (κ2) is 10.8. The molecule has 0 bridgehead atoms. The van der Waals surface area contributed by atoms with Gasteiger partial charge in [0.05, 0.1) is 20.1 Å². The first kappa shape index (κ1) is 22.6. The zero-order valence-corrected chi connectivity index (χ0v) is 19.8. The number of nitrogens with zero attached hydrogens (tertiary/aromatic N) is 1. The number of rotatable bonds is 9. The van der Waals surface area contributed by atoms with E-state index in [-0.39, 0.29) is 24.3 Å². The lowest BCUT2D eigenvalue weighted by molar-refractivity contribution is -0.141. The number of benzene rings is 1. The van der Waals surface area contributed by atoms with E-state index in [4.69, 9.17) is 4.74 Å². The number of thiophene rings is 2. The Bertz CT molecular complexity index is 995. The van der Waals surface area contributed by atoms with Gasteiger partial charge in [-0.2, -0.15) is 0 Å². The Balaban J connectivity index is 1.67. The fraction of sp³-hybridized carbons (Fsp3) is 0.360. The van der Waals surface area contributed by atoms with Crippen LogP contribution in [0.5, 0.6) is 5.75 Å². The molecular weight excluding hydrogens is 440 g/mol. The van der Waals surface area contributed by atoms with Crippen LogP contribution in [0.4, 0.5) is 0 Å². The number of ether oxygens (including phenoxy) is 1. The van der Waals surface area contributed by atoms with Crippen molar-refractivity contribution in [3.05, 3.63) is 74.6 Å². The fourth-order valence-electron chi connectivity index (χ4n) is 4.17. The molecule has 5 nitrogen and oxygen atoms in total. The Hall–Kier alpha value is -2.64. The Labute approximate surface area is 197 Å². The van der Waals surface area contributed by atoms with E-state index >= 15 is 0 Å². The summed E-state index contributed by atoms with van der Waals surface area (Å²) in [5.74, 6) is 0.555. The molecule has 3 aromatic rings. The molecule has 1 aliphatic carbocycles. The Morgan fingerprint density at radius 3 is 2.28 bits per heavy atom. The Morgan fingerprint density at radius 1 is 1.03 bits per heavy atom. The summed E-state index contributed by atoms with van der Waals surface area (Å²) < 4.78 is 5.30. The predicted molar refractivity (Wildman–Crippen MR) is 129 cm³/mol. The lowest BCUT2D eigenvalue weighted by atomic mass is 10.0.